The van der Waals surface area contributed by atoms with Crippen LogP contribution in [0.3, 0.4) is 0 Å². The molecule has 1 atom stereocenters. The average molecular weight is 440 g/mol. The normalized spacial score (nSPS) is 12.3. The number of methoxy groups -OCH3 is 1. The van der Waals surface area contributed by atoms with Crippen molar-refractivity contribution in [3.8, 4) is 5.75 Å². The molecule has 3 N–H and O–H groups in total. The van der Waals surface area contributed by atoms with E-state index in [1.54, 1.807) is 7.11 Å². The number of fused-ring (bicyclic) bond motifs is 1. The number of carbonyl (C=O) groups excluding carboxylic acids is 1. The first-order valence-corrected chi connectivity index (χ1v) is 10.6. The maximum atomic E-state index is 12.5. The van der Waals surface area contributed by atoms with Crippen LogP contribution in [-0.4, -0.2) is 34.8 Å². The molecule has 0 aliphatic rings. The van der Waals surface area contributed by atoms with Crippen LogP contribution < -0.4 is 15.4 Å². The highest BCUT2D eigenvalue weighted by atomic mass is 32.1. The van der Waals surface area contributed by atoms with Crippen molar-refractivity contribution in [2.75, 3.05) is 7.11 Å². The van der Waals surface area contributed by atoms with Crippen molar-refractivity contribution >= 4 is 34.2 Å². The molecule has 0 aliphatic carbocycles. The molecule has 0 spiro atoms. The molecule has 0 radical (unpaired) electrons. The molecule has 6 nitrogen and oxygen atoms in total. The largest absolute Gasteiger partial charge is 0.497 e. The van der Waals surface area contributed by atoms with Crippen LogP contribution >= 0.6 is 12.2 Å². The lowest BCUT2D eigenvalue weighted by Crippen LogP contribution is -2.48. The van der Waals surface area contributed by atoms with Crippen LogP contribution in [0.1, 0.15) is 31.9 Å². The summed E-state index contributed by atoms with van der Waals surface area (Å²) in [5.74, 6) is 0.801. The molecule has 0 saturated carbocycles. The van der Waals surface area contributed by atoms with E-state index in [-0.39, 0.29) is 0 Å². The van der Waals surface area contributed by atoms with E-state index >= 15 is 0 Å². The number of thiocarbonyl (C=S) groups is 1. The molecule has 0 saturated heterocycles. The number of ether oxygens (including phenoxy) is 2. The zero-order valence-corrected chi connectivity index (χ0v) is 19.1. The fraction of sp³-hybridized carbons (Fsp3) is 0.333. The number of hydrogen-bond donors (Lipinski definition) is 3. The number of carbonyl (C=O) groups is 1. The van der Waals surface area contributed by atoms with Crippen molar-refractivity contribution in [1.29, 1.82) is 0 Å². The molecular weight excluding hydrogens is 410 g/mol. The molecule has 1 heterocycles. The molecule has 3 aromatic rings. The standard InChI is InChI=1S/C24H29N3O3S/c1-24(2,3)30-23(28)27-21(13-17-15-25-20-8-6-5-7-19(17)20)22(31)26-14-16-9-11-18(29-4)12-10-16/h5-12,15,21,25H,13-14H2,1-4H3,(H,26,31)(H,27,28)/t21-/m1/s1. The second kappa shape index (κ2) is 9.83. The van der Waals surface area contributed by atoms with Gasteiger partial charge in [0.2, 0.25) is 0 Å². The van der Waals surface area contributed by atoms with Gasteiger partial charge in [0.25, 0.3) is 0 Å². The number of rotatable bonds is 7. The Bertz CT molecular complexity index is 1040. The number of benzene rings is 2. The van der Waals surface area contributed by atoms with Crippen LogP contribution in [-0.2, 0) is 17.7 Å². The third-order valence-corrected chi connectivity index (χ3v) is 5.16. The first-order valence-electron chi connectivity index (χ1n) is 10.2. The van der Waals surface area contributed by atoms with Crippen LogP contribution in [0.5, 0.6) is 5.75 Å². The average Bonchev–Trinajstić information content (AvgIpc) is 3.13. The van der Waals surface area contributed by atoms with Gasteiger partial charge >= 0.3 is 6.09 Å². The van der Waals surface area contributed by atoms with Crippen molar-refractivity contribution in [1.82, 2.24) is 15.6 Å². The summed E-state index contributed by atoms with van der Waals surface area (Å²) in [6.45, 7) is 6.05. The third-order valence-electron chi connectivity index (χ3n) is 4.73. The number of aromatic nitrogens is 1. The summed E-state index contributed by atoms with van der Waals surface area (Å²) >= 11 is 5.66. The van der Waals surface area contributed by atoms with Gasteiger partial charge in [-0.1, -0.05) is 42.5 Å². The van der Waals surface area contributed by atoms with Crippen LogP contribution in [0.2, 0.25) is 0 Å². The summed E-state index contributed by atoms with van der Waals surface area (Å²) in [5.41, 5.74) is 2.59. The zero-order chi connectivity index (χ0) is 22.4. The van der Waals surface area contributed by atoms with E-state index in [0.29, 0.717) is 18.0 Å². The Labute approximate surface area is 188 Å². The second-order valence-electron chi connectivity index (χ2n) is 8.33. The summed E-state index contributed by atoms with van der Waals surface area (Å²) < 4.78 is 10.7. The summed E-state index contributed by atoms with van der Waals surface area (Å²) in [5, 5.41) is 7.32. The Morgan fingerprint density at radius 3 is 2.52 bits per heavy atom. The van der Waals surface area contributed by atoms with Crippen LogP contribution in [0.15, 0.2) is 54.7 Å². The van der Waals surface area contributed by atoms with Gasteiger partial charge in [0, 0.05) is 30.1 Å². The minimum absolute atomic E-state index is 0.415. The van der Waals surface area contributed by atoms with Gasteiger partial charge in [0.05, 0.1) is 18.1 Å². The molecule has 164 valence electrons. The Balaban J connectivity index is 1.73. The van der Waals surface area contributed by atoms with Gasteiger partial charge in [-0.2, -0.15) is 0 Å². The third kappa shape index (κ3) is 6.46. The number of hydrogen-bond acceptors (Lipinski definition) is 4. The summed E-state index contributed by atoms with van der Waals surface area (Å²) in [7, 11) is 1.64. The van der Waals surface area contributed by atoms with E-state index in [2.05, 4.69) is 21.7 Å². The molecule has 0 bridgehead atoms. The topological polar surface area (TPSA) is 75.4 Å². The van der Waals surface area contributed by atoms with Crippen molar-refractivity contribution in [2.24, 2.45) is 0 Å². The molecule has 0 unspecified atom stereocenters. The number of aromatic amines is 1. The minimum atomic E-state index is -0.590. The molecule has 7 heteroatoms. The van der Waals surface area contributed by atoms with Gasteiger partial charge < -0.3 is 25.1 Å². The van der Waals surface area contributed by atoms with E-state index in [1.165, 1.54) is 0 Å². The number of nitrogens with one attached hydrogen (secondary N) is 3. The Hall–Kier alpha value is -3.06. The first kappa shape index (κ1) is 22.6. The van der Waals surface area contributed by atoms with Crippen molar-refractivity contribution < 1.29 is 14.3 Å². The van der Waals surface area contributed by atoms with E-state index in [0.717, 1.165) is 27.8 Å². The summed E-state index contributed by atoms with van der Waals surface area (Å²) in [6.07, 6.45) is 2.00. The maximum absolute atomic E-state index is 12.5. The number of alkyl carbamates (subject to hydrolysis) is 1. The Morgan fingerprint density at radius 1 is 1.13 bits per heavy atom. The van der Waals surface area contributed by atoms with Gasteiger partial charge in [-0.25, -0.2) is 4.79 Å². The number of para-hydroxylation sites is 1. The Kier molecular flexibility index (Phi) is 7.17. The maximum Gasteiger partial charge on any atom is 0.408 e. The van der Waals surface area contributed by atoms with Crippen LogP contribution in [0.4, 0.5) is 4.79 Å². The van der Waals surface area contributed by atoms with Crippen molar-refractivity contribution in [3.63, 3.8) is 0 Å². The monoisotopic (exact) mass is 439 g/mol. The number of amides is 1. The van der Waals surface area contributed by atoms with Gasteiger partial charge in [0.15, 0.2) is 0 Å². The molecule has 0 aliphatic heterocycles. The lowest BCUT2D eigenvalue weighted by Gasteiger charge is -2.24. The fourth-order valence-electron chi connectivity index (χ4n) is 3.24. The van der Waals surface area contributed by atoms with Crippen LogP contribution in [0, 0.1) is 0 Å². The van der Waals surface area contributed by atoms with Crippen molar-refractivity contribution in [2.45, 2.75) is 45.4 Å². The highest BCUT2D eigenvalue weighted by Crippen LogP contribution is 2.20. The van der Waals surface area contributed by atoms with Gasteiger partial charge in [-0.3, -0.25) is 0 Å². The zero-order valence-electron chi connectivity index (χ0n) is 18.3. The Morgan fingerprint density at radius 2 is 1.84 bits per heavy atom. The molecule has 31 heavy (non-hydrogen) atoms. The molecule has 1 aromatic heterocycles. The molecular formula is C24H29N3O3S. The number of H-pyrrole nitrogens is 1. The predicted octanol–water partition coefficient (Wildman–Crippen LogP) is 4.73. The van der Waals surface area contributed by atoms with E-state index in [4.69, 9.17) is 21.7 Å². The molecule has 1 amide bonds. The first-order chi connectivity index (χ1) is 14.7. The summed E-state index contributed by atoms with van der Waals surface area (Å²) in [6, 6.07) is 15.4. The van der Waals surface area contributed by atoms with Gasteiger partial charge in [-0.15, -0.1) is 0 Å². The predicted molar refractivity (Wildman–Crippen MR) is 128 cm³/mol. The molecule has 3 rings (SSSR count). The minimum Gasteiger partial charge on any atom is -0.497 e. The van der Waals surface area contributed by atoms with Gasteiger partial charge in [0.1, 0.15) is 11.4 Å². The highest BCUT2D eigenvalue weighted by Gasteiger charge is 2.23. The van der Waals surface area contributed by atoms with E-state index in [1.807, 2.05) is 69.4 Å². The quantitative estimate of drug-likeness (QED) is 0.464. The van der Waals surface area contributed by atoms with E-state index < -0.39 is 17.7 Å². The lowest BCUT2D eigenvalue weighted by atomic mass is 10.0. The van der Waals surface area contributed by atoms with Crippen molar-refractivity contribution in [3.05, 3.63) is 65.9 Å². The van der Waals surface area contributed by atoms with Gasteiger partial charge in [-0.05, 0) is 50.1 Å². The fourth-order valence-corrected chi connectivity index (χ4v) is 3.45. The SMILES string of the molecule is COc1ccc(CNC(=S)[C@@H](Cc2c[nH]c3ccccc23)NC(=O)OC(C)(C)C)cc1. The second-order valence-corrected chi connectivity index (χ2v) is 8.77. The lowest BCUT2D eigenvalue weighted by molar-refractivity contribution is 0.0518. The summed E-state index contributed by atoms with van der Waals surface area (Å²) in [4.78, 5) is 16.3. The van der Waals surface area contributed by atoms with E-state index in [9.17, 15) is 4.79 Å². The molecule has 2 aromatic carbocycles. The molecule has 0 fully saturated rings. The highest BCUT2D eigenvalue weighted by molar-refractivity contribution is 7.80. The smallest absolute Gasteiger partial charge is 0.408 e. The van der Waals surface area contributed by atoms with Crippen LogP contribution in [0.25, 0.3) is 10.9 Å².